The standard InChI is InChI=1S/C27H29N3O4/c1-18(20-11-13-25(26(17-20)33-4)34-15-14-32-3)28-27(31)21-10-12-24-23(16-21)29-19(2)30(24)22-8-6-5-7-9-22/h5-13,16-18H,14-15H2,1-4H3,(H,28,31). The topological polar surface area (TPSA) is 74.6 Å². The molecule has 3 aromatic carbocycles. The molecule has 0 aliphatic rings. The van der Waals surface area contributed by atoms with Gasteiger partial charge in [0.1, 0.15) is 12.4 Å². The number of fused-ring (bicyclic) bond motifs is 1. The third-order valence-electron chi connectivity index (χ3n) is 5.68. The number of benzene rings is 3. The van der Waals surface area contributed by atoms with Crippen molar-refractivity contribution < 1.29 is 19.0 Å². The first-order valence-electron chi connectivity index (χ1n) is 11.2. The number of imidazole rings is 1. The van der Waals surface area contributed by atoms with Crippen molar-refractivity contribution in [2.45, 2.75) is 19.9 Å². The number of para-hydroxylation sites is 1. The normalized spacial score (nSPS) is 11.9. The second kappa shape index (κ2) is 10.4. The second-order valence-corrected chi connectivity index (χ2v) is 7.98. The Morgan fingerprint density at radius 3 is 2.53 bits per heavy atom. The number of carbonyl (C=O) groups is 1. The average molecular weight is 460 g/mol. The van der Waals surface area contributed by atoms with Gasteiger partial charge < -0.3 is 19.5 Å². The van der Waals surface area contributed by atoms with Gasteiger partial charge in [-0.25, -0.2) is 4.98 Å². The van der Waals surface area contributed by atoms with Crippen molar-refractivity contribution in [1.82, 2.24) is 14.9 Å². The van der Waals surface area contributed by atoms with E-state index >= 15 is 0 Å². The molecule has 1 aromatic heterocycles. The molecule has 0 saturated heterocycles. The van der Waals surface area contributed by atoms with Crippen molar-refractivity contribution in [2.75, 3.05) is 27.4 Å². The summed E-state index contributed by atoms with van der Waals surface area (Å²) in [5.74, 6) is 1.95. The van der Waals surface area contributed by atoms with E-state index in [1.165, 1.54) is 0 Å². The van der Waals surface area contributed by atoms with Gasteiger partial charge in [-0.2, -0.15) is 0 Å². The van der Waals surface area contributed by atoms with Crippen LogP contribution in [0.3, 0.4) is 0 Å². The number of ether oxygens (including phenoxy) is 3. The van der Waals surface area contributed by atoms with Crippen LogP contribution in [0.1, 0.15) is 34.7 Å². The zero-order chi connectivity index (χ0) is 24.1. The maximum absolute atomic E-state index is 13.0. The smallest absolute Gasteiger partial charge is 0.251 e. The summed E-state index contributed by atoms with van der Waals surface area (Å²) in [6, 6.07) is 21.1. The van der Waals surface area contributed by atoms with Crippen molar-refractivity contribution in [1.29, 1.82) is 0 Å². The highest BCUT2D eigenvalue weighted by molar-refractivity contribution is 5.97. The molecular formula is C27H29N3O4. The highest BCUT2D eigenvalue weighted by Crippen LogP contribution is 2.30. The summed E-state index contributed by atoms with van der Waals surface area (Å²) in [6.07, 6.45) is 0. The van der Waals surface area contributed by atoms with Crippen LogP contribution in [0.5, 0.6) is 11.5 Å². The van der Waals surface area contributed by atoms with Gasteiger partial charge in [0.05, 0.1) is 30.8 Å². The summed E-state index contributed by atoms with van der Waals surface area (Å²) < 4.78 is 18.3. The van der Waals surface area contributed by atoms with Crippen LogP contribution < -0.4 is 14.8 Å². The lowest BCUT2D eigenvalue weighted by Crippen LogP contribution is -2.26. The Balaban J connectivity index is 1.51. The number of nitrogens with zero attached hydrogens (tertiary/aromatic N) is 2. The SMILES string of the molecule is COCCOc1ccc(C(C)NC(=O)c2ccc3c(c2)nc(C)n3-c2ccccc2)cc1OC. The largest absolute Gasteiger partial charge is 0.493 e. The number of hydrogen-bond acceptors (Lipinski definition) is 5. The predicted octanol–water partition coefficient (Wildman–Crippen LogP) is 4.86. The Labute approximate surface area is 199 Å². The first kappa shape index (κ1) is 23.3. The Morgan fingerprint density at radius 1 is 1.00 bits per heavy atom. The molecule has 1 heterocycles. The van der Waals surface area contributed by atoms with E-state index in [0.29, 0.717) is 30.3 Å². The fraction of sp³-hybridized carbons (Fsp3) is 0.259. The molecular weight excluding hydrogens is 430 g/mol. The number of amides is 1. The summed E-state index contributed by atoms with van der Waals surface area (Å²) in [5, 5.41) is 3.06. The summed E-state index contributed by atoms with van der Waals surface area (Å²) in [6.45, 7) is 4.82. The molecule has 0 aliphatic heterocycles. The summed E-state index contributed by atoms with van der Waals surface area (Å²) in [4.78, 5) is 17.7. The highest BCUT2D eigenvalue weighted by Gasteiger charge is 2.16. The van der Waals surface area contributed by atoms with Gasteiger partial charge in [-0.3, -0.25) is 9.36 Å². The van der Waals surface area contributed by atoms with E-state index in [4.69, 9.17) is 14.2 Å². The van der Waals surface area contributed by atoms with Gasteiger partial charge >= 0.3 is 0 Å². The van der Waals surface area contributed by atoms with Crippen molar-refractivity contribution in [3.63, 3.8) is 0 Å². The average Bonchev–Trinajstić information content (AvgIpc) is 3.19. The van der Waals surface area contributed by atoms with Gasteiger partial charge in [-0.05, 0) is 61.9 Å². The van der Waals surface area contributed by atoms with Crippen LogP contribution >= 0.6 is 0 Å². The van der Waals surface area contributed by atoms with Crippen molar-refractivity contribution in [3.8, 4) is 17.2 Å². The molecule has 0 aliphatic carbocycles. The number of nitrogens with one attached hydrogen (secondary N) is 1. The van der Waals surface area contributed by atoms with Crippen LogP contribution in [0.2, 0.25) is 0 Å². The van der Waals surface area contributed by atoms with Crippen molar-refractivity contribution in [2.24, 2.45) is 0 Å². The second-order valence-electron chi connectivity index (χ2n) is 7.98. The van der Waals surface area contributed by atoms with Crippen molar-refractivity contribution >= 4 is 16.9 Å². The van der Waals surface area contributed by atoms with Crippen LogP contribution in [0.25, 0.3) is 16.7 Å². The third kappa shape index (κ3) is 4.89. The minimum atomic E-state index is -0.228. The van der Waals surface area contributed by atoms with E-state index in [0.717, 1.165) is 28.1 Å². The molecule has 4 rings (SSSR count). The third-order valence-corrected chi connectivity index (χ3v) is 5.68. The van der Waals surface area contributed by atoms with Crippen molar-refractivity contribution in [3.05, 3.63) is 83.7 Å². The molecule has 0 saturated carbocycles. The molecule has 0 radical (unpaired) electrons. The molecule has 1 atom stereocenters. The van der Waals surface area contributed by atoms with E-state index in [1.807, 2.05) is 80.6 Å². The monoisotopic (exact) mass is 459 g/mol. The molecule has 0 bridgehead atoms. The fourth-order valence-corrected chi connectivity index (χ4v) is 3.92. The Kier molecular flexibility index (Phi) is 7.13. The lowest BCUT2D eigenvalue weighted by Gasteiger charge is -2.17. The maximum Gasteiger partial charge on any atom is 0.251 e. The van der Waals surface area contributed by atoms with Gasteiger partial charge in [-0.15, -0.1) is 0 Å². The van der Waals surface area contributed by atoms with Gasteiger partial charge in [0.25, 0.3) is 5.91 Å². The molecule has 176 valence electrons. The molecule has 7 nitrogen and oxygen atoms in total. The van der Waals surface area contributed by atoms with Crippen LogP contribution in [0.15, 0.2) is 66.7 Å². The lowest BCUT2D eigenvalue weighted by atomic mass is 10.1. The minimum Gasteiger partial charge on any atom is -0.493 e. The molecule has 1 N–H and O–H groups in total. The highest BCUT2D eigenvalue weighted by atomic mass is 16.5. The van der Waals surface area contributed by atoms with Gasteiger partial charge in [0, 0.05) is 18.4 Å². The van der Waals surface area contributed by atoms with Crippen LogP contribution in [0.4, 0.5) is 0 Å². The van der Waals surface area contributed by atoms with Crippen LogP contribution in [0, 0.1) is 6.92 Å². The molecule has 0 fully saturated rings. The molecule has 0 spiro atoms. The first-order valence-corrected chi connectivity index (χ1v) is 11.2. The lowest BCUT2D eigenvalue weighted by molar-refractivity contribution is 0.0940. The van der Waals surface area contributed by atoms with Gasteiger partial charge in [-0.1, -0.05) is 24.3 Å². The number of aromatic nitrogens is 2. The van der Waals surface area contributed by atoms with E-state index < -0.39 is 0 Å². The number of aryl methyl sites for hydroxylation is 1. The zero-order valence-corrected chi connectivity index (χ0v) is 19.9. The maximum atomic E-state index is 13.0. The van der Waals surface area contributed by atoms with E-state index in [1.54, 1.807) is 14.2 Å². The minimum absolute atomic E-state index is 0.166. The Hall–Kier alpha value is -3.84. The Morgan fingerprint density at radius 2 is 1.79 bits per heavy atom. The van der Waals surface area contributed by atoms with E-state index in [9.17, 15) is 4.79 Å². The van der Waals surface area contributed by atoms with Gasteiger partial charge in [0.15, 0.2) is 11.5 Å². The zero-order valence-electron chi connectivity index (χ0n) is 19.9. The first-order chi connectivity index (χ1) is 16.5. The predicted molar refractivity (Wildman–Crippen MR) is 132 cm³/mol. The number of methoxy groups -OCH3 is 2. The van der Waals surface area contributed by atoms with Crippen LogP contribution in [-0.4, -0.2) is 42.9 Å². The molecule has 1 amide bonds. The van der Waals surface area contributed by atoms with E-state index in [-0.39, 0.29) is 11.9 Å². The molecule has 1 unspecified atom stereocenters. The number of hydrogen-bond donors (Lipinski definition) is 1. The summed E-state index contributed by atoms with van der Waals surface area (Å²) in [7, 11) is 3.22. The Bertz CT molecular complexity index is 1280. The fourth-order valence-electron chi connectivity index (χ4n) is 3.92. The summed E-state index contributed by atoms with van der Waals surface area (Å²) >= 11 is 0. The summed E-state index contributed by atoms with van der Waals surface area (Å²) in [5.41, 5.74) is 4.25. The number of carbonyl (C=O) groups excluding carboxylic acids is 1. The van der Waals surface area contributed by atoms with Crippen LogP contribution in [-0.2, 0) is 4.74 Å². The molecule has 4 aromatic rings. The van der Waals surface area contributed by atoms with E-state index in [2.05, 4.69) is 14.9 Å². The van der Waals surface area contributed by atoms with Gasteiger partial charge in [0.2, 0.25) is 0 Å². The number of rotatable bonds is 9. The molecule has 34 heavy (non-hydrogen) atoms. The quantitative estimate of drug-likeness (QED) is 0.362. The molecule has 7 heteroatoms.